The number of carbonyl (C=O) groups is 2. The number of morpholine rings is 1. The van der Waals surface area contributed by atoms with Gasteiger partial charge in [0, 0.05) is 17.8 Å². The molecule has 1 N–H and O–H groups in total. The summed E-state index contributed by atoms with van der Waals surface area (Å²) in [5.74, 6) is -1.32. The van der Waals surface area contributed by atoms with Crippen LogP contribution in [0.5, 0.6) is 0 Å². The van der Waals surface area contributed by atoms with Gasteiger partial charge < -0.3 is 14.7 Å². The van der Waals surface area contributed by atoms with Crippen LogP contribution < -0.4 is 0 Å². The minimum Gasteiger partial charge on any atom is -0.479 e. The number of benzene rings is 1. The number of hydrogen-bond donors (Lipinski definition) is 1. The zero-order valence-corrected chi connectivity index (χ0v) is 13.5. The Bertz CT molecular complexity index is 761. The molecule has 1 saturated heterocycles. The summed E-state index contributed by atoms with van der Waals surface area (Å²) in [6.07, 6.45) is 2.13. The Labute approximate surface area is 143 Å². The van der Waals surface area contributed by atoms with E-state index in [4.69, 9.17) is 21.4 Å². The molecule has 1 unspecified atom stereocenters. The van der Waals surface area contributed by atoms with Gasteiger partial charge in [-0.25, -0.2) is 4.79 Å². The number of aliphatic carboxylic acids is 1. The number of halogens is 1. The van der Waals surface area contributed by atoms with E-state index >= 15 is 0 Å². The maximum atomic E-state index is 12.5. The molecule has 24 heavy (non-hydrogen) atoms. The highest BCUT2D eigenvalue weighted by atomic mass is 35.5. The lowest BCUT2D eigenvalue weighted by Crippen LogP contribution is -2.48. The van der Waals surface area contributed by atoms with E-state index in [1.54, 1.807) is 16.9 Å². The number of carboxylic acids is 1. The van der Waals surface area contributed by atoms with Crippen LogP contribution in [0.2, 0.25) is 5.02 Å². The number of ether oxygens (including phenoxy) is 1. The summed E-state index contributed by atoms with van der Waals surface area (Å²) in [5, 5.41) is 13.8. The van der Waals surface area contributed by atoms with Gasteiger partial charge in [0.1, 0.15) is 0 Å². The van der Waals surface area contributed by atoms with Crippen LogP contribution >= 0.6 is 11.6 Å². The van der Waals surface area contributed by atoms with Gasteiger partial charge in [-0.3, -0.25) is 9.48 Å². The lowest BCUT2D eigenvalue weighted by molar-refractivity contribution is -0.154. The Hall–Kier alpha value is -2.38. The Morgan fingerprint density at radius 2 is 2.17 bits per heavy atom. The van der Waals surface area contributed by atoms with Crippen LogP contribution in [0.25, 0.3) is 0 Å². The topological polar surface area (TPSA) is 84.7 Å². The minimum absolute atomic E-state index is 0.0316. The number of carboxylic acid groups (broad SMARTS) is 1. The van der Waals surface area contributed by atoms with Crippen LogP contribution in [0.3, 0.4) is 0 Å². The molecular formula is C16H16ClN3O4. The predicted octanol–water partition coefficient (Wildman–Crippen LogP) is 1.51. The molecule has 7 nitrogen and oxygen atoms in total. The van der Waals surface area contributed by atoms with E-state index < -0.39 is 12.1 Å². The first kappa shape index (κ1) is 16.5. The van der Waals surface area contributed by atoms with E-state index in [1.165, 1.54) is 11.1 Å². The van der Waals surface area contributed by atoms with Gasteiger partial charge in [0.2, 0.25) is 0 Å². The zero-order valence-electron chi connectivity index (χ0n) is 12.8. The quantitative estimate of drug-likeness (QED) is 0.904. The number of carbonyl (C=O) groups excluding carboxylic acids is 1. The Balaban J connectivity index is 1.70. The Morgan fingerprint density at radius 3 is 2.92 bits per heavy atom. The van der Waals surface area contributed by atoms with Crippen molar-refractivity contribution in [1.29, 1.82) is 0 Å². The summed E-state index contributed by atoms with van der Waals surface area (Å²) in [6.45, 7) is 1.05. The van der Waals surface area contributed by atoms with Crippen LogP contribution in [0.1, 0.15) is 15.9 Å². The molecule has 1 aromatic heterocycles. The van der Waals surface area contributed by atoms with Crippen LogP contribution in [-0.4, -0.2) is 57.5 Å². The highest BCUT2D eigenvalue weighted by Crippen LogP contribution is 2.17. The highest BCUT2D eigenvalue weighted by Gasteiger charge is 2.29. The van der Waals surface area contributed by atoms with E-state index in [0.29, 0.717) is 23.7 Å². The first-order valence-electron chi connectivity index (χ1n) is 7.44. The molecule has 8 heteroatoms. The van der Waals surface area contributed by atoms with Gasteiger partial charge in [-0.1, -0.05) is 29.8 Å². The summed E-state index contributed by atoms with van der Waals surface area (Å²) < 4.78 is 6.75. The average molecular weight is 350 g/mol. The molecule has 1 aliphatic rings. The summed E-state index contributed by atoms with van der Waals surface area (Å²) in [7, 11) is 0. The molecule has 0 spiro atoms. The van der Waals surface area contributed by atoms with Crippen molar-refractivity contribution in [3.05, 3.63) is 52.8 Å². The van der Waals surface area contributed by atoms with Crippen molar-refractivity contribution < 1.29 is 19.4 Å². The largest absolute Gasteiger partial charge is 0.479 e. The molecule has 1 atom stereocenters. The fourth-order valence-corrected chi connectivity index (χ4v) is 2.72. The number of rotatable bonds is 4. The second-order valence-electron chi connectivity index (χ2n) is 5.47. The molecule has 1 fully saturated rings. The predicted molar refractivity (Wildman–Crippen MR) is 86.1 cm³/mol. The highest BCUT2D eigenvalue weighted by molar-refractivity contribution is 6.31. The molecule has 1 aliphatic heterocycles. The van der Waals surface area contributed by atoms with Crippen LogP contribution in [0.4, 0.5) is 0 Å². The maximum Gasteiger partial charge on any atom is 0.334 e. The summed E-state index contributed by atoms with van der Waals surface area (Å²) in [4.78, 5) is 25.0. The maximum absolute atomic E-state index is 12.5. The van der Waals surface area contributed by atoms with Crippen molar-refractivity contribution in [3.8, 4) is 0 Å². The van der Waals surface area contributed by atoms with Gasteiger partial charge in [-0.15, -0.1) is 0 Å². The summed E-state index contributed by atoms with van der Waals surface area (Å²) >= 11 is 6.13. The molecule has 0 bridgehead atoms. The van der Waals surface area contributed by atoms with Crippen LogP contribution in [0.15, 0.2) is 36.7 Å². The van der Waals surface area contributed by atoms with E-state index in [1.807, 2.05) is 18.2 Å². The van der Waals surface area contributed by atoms with E-state index in [2.05, 4.69) is 5.10 Å². The van der Waals surface area contributed by atoms with Gasteiger partial charge in [0.05, 0.1) is 31.5 Å². The number of nitrogens with zero attached hydrogens (tertiary/aromatic N) is 3. The van der Waals surface area contributed by atoms with Crippen molar-refractivity contribution >= 4 is 23.5 Å². The monoisotopic (exact) mass is 349 g/mol. The average Bonchev–Trinajstić information content (AvgIpc) is 3.05. The second-order valence-corrected chi connectivity index (χ2v) is 5.87. The van der Waals surface area contributed by atoms with Gasteiger partial charge in [0.15, 0.2) is 6.10 Å². The van der Waals surface area contributed by atoms with Gasteiger partial charge in [0.25, 0.3) is 5.91 Å². The Morgan fingerprint density at radius 1 is 1.38 bits per heavy atom. The Kier molecular flexibility index (Phi) is 4.82. The molecule has 3 rings (SSSR count). The lowest BCUT2D eigenvalue weighted by Gasteiger charge is -2.30. The van der Waals surface area contributed by atoms with Gasteiger partial charge >= 0.3 is 5.97 Å². The molecule has 126 valence electrons. The summed E-state index contributed by atoms with van der Waals surface area (Å²) in [6, 6.07) is 7.43. The van der Waals surface area contributed by atoms with Crippen LogP contribution in [0, 0.1) is 0 Å². The van der Waals surface area contributed by atoms with Gasteiger partial charge in [-0.2, -0.15) is 5.10 Å². The van der Waals surface area contributed by atoms with Crippen LogP contribution in [-0.2, 0) is 16.1 Å². The second kappa shape index (κ2) is 7.02. The number of amides is 1. The molecular weight excluding hydrogens is 334 g/mol. The third kappa shape index (κ3) is 3.58. The van der Waals surface area contributed by atoms with Crippen molar-refractivity contribution in [3.63, 3.8) is 0 Å². The fourth-order valence-electron chi connectivity index (χ4n) is 2.53. The SMILES string of the molecule is O=C(O)C1CN(C(=O)c2cnn(Cc3ccccc3Cl)c2)CCO1. The molecule has 0 aliphatic carbocycles. The first-order chi connectivity index (χ1) is 11.5. The van der Waals surface area contributed by atoms with E-state index in [9.17, 15) is 9.59 Å². The summed E-state index contributed by atoms with van der Waals surface area (Å²) in [5.41, 5.74) is 1.31. The van der Waals surface area contributed by atoms with Crippen molar-refractivity contribution in [2.45, 2.75) is 12.6 Å². The normalized spacial score (nSPS) is 17.7. The standard InChI is InChI=1S/C16H16ClN3O4/c17-13-4-2-1-3-11(13)8-20-9-12(7-18-20)15(21)19-5-6-24-14(10-19)16(22)23/h1-4,7,9,14H,5-6,8,10H2,(H,22,23). The van der Waals surface area contributed by atoms with E-state index in [-0.39, 0.29) is 19.1 Å². The molecule has 1 aromatic carbocycles. The van der Waals surface area contributed by atoms with Crippen molar-refractivity contribution in [2.24, 2.45) is 0 Å². The van der Waals surface area contributed by atoms with Crippen molar-refractivity contribution in [1.82, 2.24) is 14.7 Å². The zero-order chi connectivity index (χ0) is 17.1. The van der Waals surface area contributed by atoms with Crippen molar-refractivity contribution in [2.75, 3.05) is 19.7 Å². The molecule has 1 amide bonds. The third-order valence-corrected chi connectivity index (χ3v) is 4.17. The molecule has 2 aromatic rings. The lowest BCUT2D eigenvalue weighted by atomic mass is 10.2. The molecule has 0 radical (unpaired) electrons. The smallest absolute Gasteiger partial charge is 0.334 e. The minimum atomic E-state index is -1.07. The molecule has 0 saturated carbocycles. The number of aromatic nitrogens is 2. The fraction of sp³-hybridized carbons (Fsp3) is 0.312. The third-order valence-electron chi connectivity index (χ3n) is 3.80. The number of hydrogen-bond acceptors (Lipinski definition) is 4. The first-order valence-corrected chi connectivity index (χ1v) is 7.82. The van der Waals surface area contributed by atoms with Gasteiger partial charge in [-0.05, 0) is 11.6 Å². The van der Waals surface area contributed by atoms with E-state index in [0.717, 1.165) is 5.56 Å². The molecule has 2 heterocycles.